The number of fused-ring (bicyclic) bond motifs is 4. The number of pyridine rings is 3. The topological polar surface area (TPSA) is 51.8 Å². The molecule has 0 N–H and O–H groups in total. The molecule has 0 aliphatic rings. The summed E-state index contributed by atoms with van der Waals surface area (Å²) in [6, 6.07) is 25.7. The van der Waals surface area contributed by atoms with Crippen molar-refractivity contribution in [1.82, 2.24) is 15.0 Å². The third-order valence-electron chi connectivity index (χ3n) is 6.51. The molecule has 0 spiro atoms. The summed E-state index contributed by atoms with van der Waals surface area (Å²) in [6.07, 6.45) is 3.76. The van der Waals surface area contributed by atoms with Gasteiger partial charge in [-0.05, 0) is 66.6 Å². The SMILES string of the molecule is Cc1c[c-]c(-c2cc(C)c(C)cn2)cc1.[2H]C([2H])([2H])c1ccc2c(n1)oc1c(-c3cc4ccsc4cn3)[c-]ccc12.[Ir]. The number of aromatic nitrogens is 3. The van der Waals surface area contributed by atoms with E-state index in [-0.39, 0.29) is 25.8 Å². The first kappa shape index (κ1) is 23.2. The average Bonchev–Trinajstić information content (AvgIpc) is 3.58. The van der Waals surface area contributed by atoms with E-state index in [0.717, 1.165) is 43.4 Å². The van der Waals surface area contributed by atoms with E-state index in [1.165, 1.54) is 22.8 Å². The van der Waals surface area contributed by atoms with Gasteiger partial charge in [-0.1, -0.05) is 35.6 Å². The normalized spacial score (nSPS) is 12.3. The van der Waals surface area contributed by atoms with E-state index in [1.54, 1.807) is 17.4 Å². The van der Waals surface area contributed by atoms with Crippen LogP contribution in [0.2, 0.25) is 0 Å². The number of furan rings is 1. The predicted molar refractivity (Wildman–Crippen MR) is 156 cm³/mol. The first-order valence-electron chi connectivity index (χ1n) is 13.7. The summed E-state index contributed by atoms with van der Waals surface area (Å²) < 4.78 is 29.7. The van der Waals surface area contributed by atoms with E-state index >= 15 is 0 Å². The number of benzene rings is 2. The molecule has 2 aromatic carbocycles. The zero-order valence-electron chi connectivity index (χ0n) is 24.5. The van der Waals surface area contributed by atoms with Crippen LogP contribution in [0.5, 0.6) is 0 Å². The van der Waals surface area contributed by atoms with Crippen molar-refractivity contribution < 1.29 is 28.6 Å². The van der Waals surface area contributed by atoms with Crippen LogP contribution in [0.15, 0.2) is 82.9 Å². The maximum absolute atomic E-state index is 7.53. The van der Waals surface area contributed by atoms with E-state index in [0.29, 0.717) is 11.3 Å². The van der Waals surface area contributed by atoms with Crippen LogP contribution in [0.4, 0.5) is 0 Å². The van der Waals surface area contributed by atoms with Crippen LogP contribution in [-0.4, -0.2) is 15.0 Å². The molecule has 1 radical (unpaired) electrons. The van der Waals surface area contributed by atoms with E-state index in [4.69, 9.17) is 8.53 Å². The predicted octanol–water partition coefficient (Wildman–Crippen LogP) is 8.84. The van der Waals surface area contributed by atoms with Gasteiger partial charge in [0.15, 0.2) is 0 Å². The maximum atomic E-state index is 7.53. The van der Waals surface area contributed by atoms with Crippen LogP contribution in [0.1, 0.15) is 26.5 Å². The second kappa shape index (κ2) is 11.2. The Morgan fingerprint density at radius 3 is 2.54 bits per heavy atom. The molecule has 0 amide bonds. The van der Waals surface area contributed by atoms with Gasteiger partial charge in [-0.15, -0.1) is 64.9 Å². The van der Waals surface area contributed by atoms with E-state index in [9.17, 15) is 0 Å². The molecule has 0 aliphatic carbocycles. The molecule has 0 unspecified atom stereocenters. The molecule has 0 fully saturated rings. The second-order valence-electron chi connectivity index (χ2n) is 9.21. The molecule has 0 saturated heterocycles. The Labute approximate surface area is 249 Å². The Hall–Kier alpha value is -3.70. The minimum atomic E-state index is -2.27. The molecule has 39 heavy (non-hydrogen) atoms. The Balaban J connectivity index is 0.000000189. The largest absolute Gasteiger partial charge is 0.486 e. The standard InChI is InChI=1S/C19H11N2OS.C14H14N.Ir/c1-11-5-6-14-13-3-2-4-15(18(13)22-19(14)21-11)16-9-12-7-8-23-17(12)10-20-16;1-10-4-6-13(7-5-10)14-8-11(2)12(3)9-15-14;/h2-3,5-10H,1H3;4-6,8-9H,1-3H3;/q2*-1;/i1D3;;. The third kappa shape index (κ3) is 5.41. The fourth-order valence-corrected chi connectivity index (χ4v) is 4.99. The van der Waals surface area contributed by atoms with Crippen molar-refractivity contribution in [3.8, 4) is 22.5 Å². The van der Waals surface area contributed by atoms with Gasteiger partial charge >= 0.3 is 0 Å². The van der Waals surface area contributed by atoms with E-state index < -0.39 is 6.85 Å². The quantitative estimate of drug-likeness (QED) is 0.169. The first-order valence-corrected chi connectivity index (χ1v) is 13.1. The minimum Gasteiger partial charge on any atom is -0.486 e. The number of rotatable bonds is 2. The molecular formula is C33H25IrN3OS-2. The molecule has 0 atom stereocenters. The van der Waals surface area contributed by atoms with Gasteiger partial charge in [-0.3, -0.25) is 0 Å². The summed E-state index contributed by atoms with van der Waals surface area (Å²) in [6.45, 7) is 3.97. The number of nitrogens with zero attached hydrogens (tertiary/aromatic N) is 3. The number of thiophene rings is 1. The Kier molecular flexibility index (Phi) is 6.66. The minimum absolute atomic E-state index is 0. The molecule has 0 saturated carbocycles. The van der Waals surface area contributed by atoms with Crippen LogP contribution in [0.3, 0.4) is 0 Å². The molecule has 6 heteroatoms. The van der Waals surface area contributed by atoms with Gasteiger partial charge in [0, 0.05) is 47.7 Å². The summed E-state index contributed by atoms with van der Waals surface area (Å²) in [5.41, 5.74) is 8.23. The summed E-state index contributed by atoms with van der Waals surface area (Å²) in [7, 11) is 0. The van der Waals surface area contributed by atoms with Gasteiger partial charge in [-0.25, -0.2) is 4.98 Å². The Morgan fingerprint density at radius 1 is 0.872 bits per heavy atom. The zero-order chi connectivity index (χ0) is 28.7. The van der Waals surface area contributed by atoms with Gasteiger partial charge in [-0.2, -0.15) is 0 Å². The zero-order valence-corrected chi connectivity index (χ0v) is 24.7. The van der Waals surface area contributed by atoms with Crippen molar-refractivity contribution in [1.29, 1.82) is 0 Å². The van der Waals surface area contributed by atoms with Crippen LogP contribution in [0, 0.1) is 39.8 Å². The van der Waals surface area contributed by atoms with Gasteiger partial charge in [0.2, 0.25) is 5.71 Å². The summed E-state index contributed by atoms with van der Waals surface area (Å²) >= 11 is 1.64. The van der Waals surface area contributed by atoms with Crippen molar-refractivity contribution in [2.45, 2.75) is 27.6 Å². The van der Waals surface area contributed by atoms with Crippen LogP contribution in [-0.2, 0) is 20.1 Å². The number of aryl methyl sites for hydroxylation is 4. The molecule has 7 aromatic rings. The molecule has 0 aliphatic heterocycles. The maximum Gasteiger partial charge on any atom is 0.216 e. The summed E-state index contributed by atoms with van der Waals surface area (Å²) in [5.74, 6) is 0. The fourth-order valence-electron chi connectivity index (χ4n) is 4.25. The van der Waals surface area contributed by atoms with Crippen molar-refractivity contribution in [2.75, 3.05) is 0 Å². The monoisotopic (exact) mass is 707 g/mol. The van der Waals surface area contributed by atoms with E-state index in [1.807, 2.05) is 48.1 Å². The Bertz CT molecular complexity index is 2030. The van der Waals surface area contributed by atoms with Crippen molar-refractivity contribution in [3.63, 3.8) is 0 Å². The summed E-state index contributed by atoms with van der Waals surface area (Å²) in [5, 5.41) is 4.79. The van der Waals surface area contributed by atoms with Gasteiger partial charge < -0.3 is 14.4 Å². The molecule has 0 bridgehead atoms. The number of hydrogen-bond acceptors (Lipinski definition) is 5. The number of hydrogen-bond donors (Lipinski definition) is 0. The van der Waals surface area contributed by atoms with Crippen molar-refractivity contribution in [3.05, 3.63) is 113 Å². The van der Waals surface area contributed by atoms with E-state index in [2.05, 4.69) is 66.1 Å². The van der Waals surface area contributed by atoms with Crippen LogP contribution in [0.25, 0.3) is 54.7 Å². The molecule has 7 rings (SSSR count). The van der Waals surface area contributed by atoms with Crippen molar-refractivity contribution >= 4 is 43.5 Å². The third-order valence-corrected chi connectivity index (χ3v) is 7.38. The van der Waals surface area contributed by atoms with Gasteiger partial charge in [0.25, 0.3) is 0 Å². The fraction of sp³-hybridized carbons (Fsp3) is 0.121. The first-order chi connectivity index (χ1) is 19.7. The van der Waals surface area contributed by atoms with Crippen molar-refractivity contribution in [2.24, 2.45) is 0 Å². The average molecular weight is 707 g/mol. The van der Waals surface area contributed by atoms with Crippen LogP contribution < -0.4 is 0 Å². The van der Waals surface area contributed by atoms with Gasteiger partial charge in [0.05, 0.1) is 10.3 Å². The van der Waals surface area contributed by atoms with Crippen LogP contribution >= 0.6 is 11.3 Å². The molecule has 5 aromatic heterocycles. The Morgan fingerprint density at radius 2 is 1.74 bits per heavy atom. The molecule has 4 nitrogen and oxygen atoms in total. The smallest absolute Gasteiger partial charge is 0.216 e. The van der Waals surface area contributed by atoms with Gasteiger partial charge in [0.1, 0.15) is 0 Å². The summed E-state index contributed by atoms with van der Waals surface area (Å²) in [4.78, 5) is 13.1. The molecule has 5 heterocycles. The second-order valence-corrected chi connectivity index (χ2v) is 10.2. The molecular weight excluding hydrogens is 679 g/mol. The molecule has 195 valence electrons.